The van der Waals surface area contributed by atoms with Crippen LogP contribution in [0.25, 0.3) is 11.1 Å². The summed E-state index contributed by atoms with van der Waals surface area (Å²) in [5.41, 5.74) is 1.12. The lowest BCUT2D eigenvalue weighted by atomic mass is 10.2. The Morgan fingerprint density at radius 1 is 1.42 bits per heavy atom. The highest BCUT2D eigenvalue weighted by molar-refractivity contribution is 7.13. The van der Waals surface area contributed by atoms with Crippen molar-refractivity contribution >= 4 is 33.5 Å². The Balaban J connectivity index is 1.42. The topological polar surface area (TPSA) is 80.4 Å². The molecule has 0 saturated carbocycles. The number of anilines is 1. The molecule has 1 atom stereocenters. The van der Waals surface area contributed by atoms with Gasteiger partial charge in [0.2, 0.25) is 5.91 Å². The Morgan fingerprint density at radius 3 is 3.12 bits per heavy atom. The van der Waals surface area contributed by atoms with Crippen molar-refractivity contribution in [1.82, 2.24) is 14.9 Å². The van der Waals surface area contributed by atoms with Crippen LogP contribution in [-0.4, -0.2) is 34.6 Å². The first-order chi connectivity index (χ1) is 11.7. The Bertz CT molecular complexity index is 915. The van der Waals surface area contributed by atoms with Crippen LogP contribution in [0.4, 0.5) is 5.13 Å². The number of carbonyl (C=O) groups is 1. The van der Waals surface area contributed by atoms with Gasteiger partial charge in [0.1, 0.15) is 6.54 Å². The number of oxazole rings is 1. The number of amides is 1. The van der Waals surface area contributed by atoms with Crippen LogP contribution in [0.5, 0.6) is 0 Å². The zero-order chi connectivity index (χ0) is 16.5. The van der Waals surface area contributed by atoms with Crippen LogP contribution in [0, 0.1) is 0 Å². The van der Waals surface area contributed by atoms with Crippen LogP contribution in [0.2, 0.25) is 0 Å². The van der Waals surface area contributed by atoms with Gasteiger partial charge in [-0.05, 0) is 18.6 Å². The second kappa shape index (κ2) is 6.12. The summed E-state index contributed by atoms with van der Waals surface area (Å²) in [7, 11) is 0. The number of para-hydroxylation sites is 2. The van der Waals surface area contributed by atoms with Crippen molar-refractivity contribution in [2.75, 3.05) is 18.0 Å². The number of fused-ring (bicyclic) bond motifs is 1. The molecule has 0 aliphatic carbocycles. The Hall–Kier alpha value is -2.61. The molecule has 2 aromatic heterocycles. The molecule has 0 radical (unpaired) electrons. The molecule has 1 fully saturated rings. The van der Waals surface area contributed by atoms with Gasteiger partial charge in [0.25, 0.3) is 0 Å². The number of aromatic nitrogens is 2. The van der Waals surface area contributed by atoms with Crippen molar-refractivity contribution in [2.45, 2.75) is 19.0 Å². The van der Waals surface area contributed by atoms with Gasteiger partial charge >= 0.3 is 5.76 Å². The third-order valence-corrected chi connectivity index (χ3v) is 4.95. The van der Waals surface area contributed by atoms with Crippen LogP contribution < -0.4 is 16.0 Å². The van der Waals surface area contributed by atoms with Gasteiger partial charge in [0.05, 0.1) is 5.52 Å². The van der Waals surface area contributed by atoms with Crippen LogP contribution in [0.3, 0.4) is 0 Å². The zero-order valence-corrected chi connectivity index (χ0v) is 13.7. The van der Waals surface area contributed by atoms with Gasteiger partial charge in [-0.25, -0.2) is 9.78 Å². The van der Waals surface area contributed by atoms with Gasteiger partial charge in [0.15, 0.2) is 10.7 Å². The van der Waals surface area contributed by atoms with E-state index < -0.39 is 5.76 Å². The lowest BCUT2D eigenvalue weighted by molar-refractivity contribution is -0.122. The lowest BCUT2D eigenvalue weighted by Gasteiger charge is -2.15. The van der Waals surface area contributed by atoms with Crippen molar-refractivity contribution in [3.63, 3.8) is 0 Å². The maximum Gasteiger partial charge on any atom is 0.420 e. The monoisotopic (exact) mass is 344 g/mol. The molecule has 124 valence electrons. The average Bonchev–Trinajstić information content (AvgIpc) is 3.28. The van der Waals surface area contributed by atoms with Crippen LogP contribution in [0.15, 0.2) is 45.1 Å². The number of rotatable bonds is 4. The molecule has 1 aromatic carbocycles. The van der Waals surface area contributed by atoms with Gasteiger partial charge in [-0.2, -0.15) is 0 Å². The summed E-state index contributed by atoms with van der Waals surface area (Å²) in [6.45, 7) is 1.57. The lowest BCUT2D eigenvalue weighted by Crippen LogP contribution is -2.40. The van der Waals surface area contributed by atoms with E-state index in [0.717, 1.165) is 24.6 Å². The van der Waals surface area contributed by atoms with Crippen LogP contribution in [0.1, 0.15) is 6.42 Å². The van der Waals surface area contributed by atoms with Crippen molar-refractivity contribution in [2.24, 2.45) is 0 Å². The fourth-order valence-electron chi connectivity index (χ4n) is 3.00. The predicted octanol–water partition coefficient (Wildman–Crippen LogP) is 1.45. The van der Waals surface area contributed by atoms with Crippen molar-refractivity contribution in [3.05, 3.63) is 46.4 Å². The first-order valence-corrected chi connectivity index (χ1v) is 8.61. The highest BCUT2D eigenvalue weighted by Gasteiger charge is 2.25. The molecule has 3 aromatic rings. The molecule has 1 N–H and O–H groups in total. The van der Waals surface area contributed by atoms with E-state index in [-0.39, 0.29) is 18.5 Å². The zero-order valence-electron chi connectivity index (χ0n) is 12.8. The van der Waals surface area contributed by atoms with Crippen molar-refractivity contribution < 1.29 is 9.21 Å². The maximum absolute atomic E-state index is 12.3. The molecule has 0 bridgehead atoms. The van der Waals surface area contributed by atoms with E-state index in [4.69, 9.17) is 4.42 Å². The first-order valence-electron chi connectivity index (χ1n) is 7.73. The summed E-state index contributed by atoms with van der Waals surface area (Å²) in [5.74, 6) is -0.697. The quantitative estimate of drug-likeness (QED) is 0.775. The number of carbonyl (C=O) groups excluding carboxylic acids is 1. The summed E-state index contributed by atoms with van der Waals surface area (Å²) >= 11 is 1.59. The highest BCUT2D eigenvalue weighted by atomic mass is 32.1. The van der Waals surface area contributed by atoms with Crippen molar-refractivity contribution in [3.8, 4) is 0 Å². The number of nitrogens with zero attached hydrogens (tertiary/aromatic N) is 3. The second-order valence-electron chi connectivity index (χ2n) is 5.74. The molecule has 24 heavy (non-hydrogen) atoms. The predicted molar refractivity (Wildman–Crippen MR) is 91.3 cm³/mol. The molecule has 7 nitrogen and oxygen atoms in total. The summed E-state index contributed by atoms with van der Waals surface area (Å²) < 4.78 is 6.51. The van der Waals surface area contributed by atoms with E-state index in [9.17, 15) is 9.59 Å². The molecule has 3 heterocycles. The summed E-state index contributed by atoms with van der Waals surface area (Å²) in [6, 6.07) is 7.16. The molecule has 8 heteroatoms. The SMILES string of the molecule is O=C(Cn1c(=O)oc2ccccc21)NC1CCN(c2nccs2)C1. The van der Waals surface area contributed by atoms with Crippen LogP contribution >= 0.6 is 11.3 Å². The normalized spacial score (nSPS) is 17.5. The molecule has 1 aliphatic heterocycles. The number of hydrogen-bond donors (Lipinski definition) is 1. The van der Waals surface area contributed by atoms with Crippen LogP contribution in [-0.2, 0) is 11.3 Å². The van der Waals surface area contributed by atoms with Gasteiger partial charge in [-0.3, -0.25) is 9.36 Å². The molecule has 4 rings (SSSR count). The largest absolute Gasteiger partial charge is 0.420 e. The second-order valence-corrected chi connectivity index (χ2v) is 6.61. The third-order valence-electron chi connectivity index (χ3n) is 4.12. The summed E-state index contributed by atoms with van der Waals surface area (Å²) in [4.78, 5) is 30.7. The molecular weight excluding hydrogens is 328 g/mol. The first kappa shape index (κ1) is 14.9. The fraction of sp³-hybridized carbons (Fsp3) is 0.312. The van der Waals surface area contributed by atoms with Gasteiger partial charge in [0, 0.05) is 30.7 Å². The number of nitrogens with one attached hydrogen (secondary N) is 1. The van der Waals surface area contributed by atoms with Gasteiger partial charge in [-0.15, -0.1) is 11.3 Å². The molecule has 1 amide bonds. The molecular formula is C16H16N4O3S. The molecule has 1 saturated heterocycles. The van der Waals surface area contributed by atoms with E-state index in [1.165, 1.54) is 4.57 Å². The van der Waals surface area contributed by atoms with E-state index in [2.05, 4.69) is 15.2 Å². The smallest absolute Gasteiger partial charge is 0.408 e. The van der Waals surface area contributed by atoms with Gasteiger partial charge < -0.3 is 14.6 Å². The van der Waals surface area contributed by atoms with Gasteiger partial charge in [-0.1, -0.05) is 12.1 Å². The molecule has 0 spiro atoms. The third kappa shape index (κ3) is 2.80. The minimum absolute atomic E-state index is 0.0381. The summed E-state index contributed by atoms with van der Waals surface area (Å²) in [5, 5.41) is 5.91. The fourth-order valence-corrected chi connectivity index (χ4v) is 3.68. The van der Waals surface area contributed by atoms with E-state index >= 15 is 0 Å². The van der Waals surface area contributed by atoms with E-state index in [1.807, 2.05) is 11.4 Å². The number of hydrogen-bond acceptors (Lipinski definition) is 6. The summed E-state index contributed by atoms with van der Waals surface area (Å²) in [6.07, 6.45) is 2.65. The Kier molecular flexibility index (Phi) is 3.81. The van der Waals surface area contributed by atoms with E-state index in [0.29, 0.717) is 11.1 Å². The Morgan fingerprint density at radius 2 is 2.29 bits per heavy atom. The molecule has 1 unspecified atom stereocenters. The standard InChI is InChI=1S/C16H16N4O3S/c21-14(10-20-12-3-1-2-4-13(12)23-16(20)22)18-11-5-7-19(9-11)15-17-6-8-24-15/h1-4,6,8,11H,5,7,9-10H2,(H,18,21). The van der Waals surface area contributed by atoms with E-state index in [1.54, 1.807) is 35.7 Å². The minimum atomic E-state index is -0.512. The van der Waals surface area contributed by atoms with Crippen molar-refractivity contribution in [1.29, 1.82) is 0 Å². The minimum Gasteiger partial charge on any atom is -0.408 e. The number of thiazole rings is 1. The average molecular weight is 344 g/mol. The molecule has 1 aliphatic rings. The highest BCUT2D eigenvalue weighted by Crippen LogP contribution is 2.22. The number of benzene rings is 1. The Labute approximate surface area is 141 Å². The maximum atomic E-state index is 12.3.